The normalized spacial score (nSPS) is 15.4. The molecule has 2 atom stereocenters. The number of hydrogen-bond donors (Lipinski definition) is 0. The van der Waals surface area contributed by atoms with Crippen LogP contribution in [0.2, 0.25) is 0 Å². The van der Waals surface area contributed by atoms with E-state index in [-0.39, 0.29) is 21.9 Å². The van der Waals surface area contributed by atoms with Crippen LogP contribution in [0, 0.1) is 0 Å². The average molecular weight is 390 g/mol. The van der Waals surface area contributed by atoms with Crippen LogP contribution in [0.25, 0.3) is 0 Å². The summed E-state index contributed by atoms with van der Waals surface area (Å²) in [6, 6.07) is 20.0. The molecule has 142 valence electrons. The Morgan fingerprint density at radius 3 is 2.43 bits per heavy atom. The minimum absolute atomic E-state index is 0.136. The lowest BCUT2D eigenvalue weighted by molar-refractivity contribution is 0.0981. The molecule has 0 fully saturated rings. The molecule has 0 saturated carbocycles. The van der Waals surface area contributed by atoms with Gasteiger partial charge in [0, 0.05) is 22.0 Å². The van der Waals surface area contributed by atoms with E-state index in [2.05, 4.69) is 18.7 Å². The number of carbonyl (C=O) groups is 1. The summed E-state index contributed by atoms with van der Waals surface area (Å²) in [5.74, 6) is 1.76. The van der Waals surface area contributed by atoms with E-state index in [4.69, 9.17) is 4.42 Å². The Bertz CT molecular complexity index is 943. The standard InChI is InChI=1S/C25H25O2S/c1-2-17-28(21-14-7-4-8-15-21)25(23(26)19-11-5-3-6-12-19)24-22-16-10-9-13-20(22)18-27-24/h2-8,11-12,14-15,18,25H,1,9-10,13,16-17H2/q+1. The lowest BCUT2D eigenvalue weighted by Gasteiger charge is -2.19. The lowest BCUT2D eigenvalue weighted by Crippen LogP contribution is -2.26. The molecule has 0 spiro atoms. The minimum atomic E-state index is -0.345. The van der Waals surface area contributed by atoms with Crippen LogP contribution in [0.3, 0.4) is 0 Å². The molecular weight excluding hydrogens is 364 g/mol. The predicted molar refractivity (Wildman–Crippen MR) is 116 cm³/mol. The zero-order valence-corrected chi connectivity index (χ0v) is 16.8. The molecule has 0 aliphatic heterocycles. The smallest absolute Gasteiger partial charge is 0.243 e. The van der Waals surface area contributed by atoms with Crippen molar-refractivity contribution in [3.05, 3.63) is 102 Å². The molecule has 4 rings (SSSR count). The van der Waals surface area contributed by atoms with Crippen LogP contribution in [0.1, 0.15) is 45.3 Å². The Morgan fingerprint density at radius 2 is 1.71 bits per heavy atom. The average Bonchev–Trinajstić information content (AvgIpc) is 3.18. The van der Waals surface area contributed by atoms with Gasteiger partial charge < -0.3 is 4.42 Å². The highest BCUT2D eigenvalue weighted by atomic mass is 32.2. The van der Waals surface area contributed by atoms with Gasteiger partial charge in [0.2, 0.25) is 11.0 Å². The molecule has 1 heterocycles. The molecule has 0 amide bonds. The molecule has 28 heavy (non-hydrogen) atoms. The maximum atomic E-state index is 13.7. The summed E-state index contributed by atoms with van der Waals surface area (Å²) < 4.78 is 6.12. The van der Waals surface area contributed by atoms with E-state index in [1.165, 1.54) is 22.4 Å². The minimum Gasteiger partial charge on any atom is -0.463 e. The monoisotopic (exact) mass is 389 g/mol. The molecule has 2 nitrogen and oxygen atoms in total. The summed E-state index contributed by atoms with van der Waals surface area (Å²) in [4.78, 5) is 14.9. The van der Waals surface area contributed by atoms with Crippen molar-refractivity contribution >= 4 is 16.7 Å². The van der Waals surface area contributed by atoms with Gasteiger partial charge in [-0.2, -0.15) is 0 Å². The molecule has 1 aromatic heterocycles. The maximum Gasteiger partial charge on any atom is 0.243 e. The van der Waals surface area contributed by atoms with Gasteiger partial charge in [0.1, 0.15) is 5.75 Å². The topological polar surface area (TPSA) is 30.2 Å². The van der Waals surface area contributed by atoms with E-state index < -0.39 is 0 Å². The first-order valence-electron chi connectivity index (χ1n) is 9.83. The van der Waals surface area contributed by atoms with Crippen LogP contribution in [0.15, 0.2) is 88.9 Å². The molecule has 3 aromatic rings. The fourth-order valence-corrected chi connectivity index (χ4v) is 6.22. The van der Waals surface area contributed by atoms with Gasteiger partial charge in [-0.1, -0.05) is 55.1 Å². The van der Waals surface area contributed by atoms with Crippen LogP contribution in [0.5, 0.6) is 0 Å². The van der Waals surface area contributed by atoms with Crippen molar-refractivity contribution in [3.63, 3.8) is 0 Å². The Hall–Kier alpha value is -2.52. The highest BCUT2D eigenvalue weighted by Crippen LogP contribution is 2.39. The lowest BCUT2D eigenvalue weighted by atomic mass is 9.92. The molecular formula is C25H25O2S+. The fourth-order valence-electron chi connectivity index (χ4n) is 3.95. The number of benzene rings is 2. The van der Waals surface area contributed by atoms with E-state index in [1.807, 2.05) is 60.9 Å². The van der Waals surface area contributed by atoms with Crippen LogP contribution >= 0.6 is 0 Å². The van der Waals surface area contributed by atoms with Crippen LogP contribution in [-0.2, 0) is 23.7 Å². The third kappa shape index (κ3) is 3.72. The summed E-state index contributed by atoms with van der Waals surface area (Å²) in [5, 5.41) is -0.315. The molecule has 0 N–H and O–H groups in total. The fraction of sp³-hybridized carbons (Fsp3) is 0.240. The number of hydrogen-bond acceptors (Lipinski definition) is 2. The summed E-state index contributed by atoms with van der Waals surface area (Å²) in [7, 11) is -0.345. The molecule has 1 aliphatic carbocycles. The molecule has 1 aliphatic rings. The van der Waals surface area contributed by atoms with E-state index >= 15 is 0 Å². The largest absolute Gasteiger partial charge is 0.463 e. The zero-order valence-electron chi connectivity index (χ0n) is 16.0. The van der Waals surface area contributed by atoms with Gasteiger partial charge in [-0.25, -0.2) is 0 Å². The van der Waals surface area contributed by atoms with Crippen molar-refractivity contribution in [2.24, 2.45) is 0 Å². The number of rotatable bonds is 7. The first-order valence-corrected chi connectivity index (χ1v) is 11.3. The molecule has 2 aromatic carbocycles. The Labute approximate surface area is 169 Å². The number of fused-ring (bicyclic) bond motifs is 1. The van der Waals surface area contributed by atoms with Crippen LogP contribution in [-0.4, -0.2) is 11.5 Å². The van der Waals surface area contributed by atoms with Crippen molar-refractivity contribution in [2.45, 2.75) is 35.8 Å². The third-order valence-corrected chi connectivity index (χ3v) is 7.77. The van der Waals surface area contributed by atoms with Gasteiger partial charge in [0.15, 0.2) is 10.7 Å². The van der Waals surface area contributed by atoms with Gasteiger partial charge in [-0.15, -0.1) is 0 Å². The summed E-state index contributed by atoms with van der Waals surface area (Å²) in [6.07, 6.45) is 8.21. The quantitative estimate of drug-likeness (QED) is 0.284. The molecule has 0 saturated heterocycles. The van der Waals surface area contributed by atoms with E-state index in [1.54, 1.807) is 0 Å². The first-order chi connectivity index (χ1) is 13.8. The van der Waals surface area contributed by atoms with Crippen molar-refractivity contribution in [2.75, 3.05) is 5.75 Å². The van der Waals surface area contributed by atoms with Crippen LogP contribution in [0.4, 0.5) is 0 Å². The number of furan rings is 1. The number of ketones is 1. The summed E-state index contributed by atoms with van der Waals surface area (Å²) >= 11 is 0. The van der Waals surface area contributed by atoms with Crippen molar-refractivity contribution in [3.8, 4) is 0 Å². The second-order valence-electron chi connectivity index (χ2n) is 7.12. The van der Waals surface area contributed by atoms with Gasteiger partial charge in [-0.3, -0.25) is 4.79 Å². The third-order valence-electron chi connectivity index (χ3n) is 5.30. The van der Waals surface area contributed by atoms with E-state index in [9.17, 15) is 4.79 Å². The number of Topliss-reactive ketones (excluding diaryl/α,β-unsaturated/α-hetero) is 1. The zero-order chi connectivity index (χ0) is 19.3. The molecule has 3 heteroatoms. The van der Waals surface area contributed by atoms with Gasteiger partial charge in [-0.05, 0) is 49.5 Å². The highest BCUT2D eigenvalue weighted by molar-refractivity contribution is 7.98. The molecule has 0 radical (unpaired) electrons. The highest BCUT2D eigenvalue weighted by Gasteiger charge is 2.44. The van der Waals surface area contributed by atoms with E-state index in [0.717, 1.165) is 36.3 Å². The van der Waals surface area contributed by atoms with Crippen LogP contribution < -0.4 is 0 Å². The second kappa shape index (κ2) is 8.66. The summed E-state index contributed by atoms with van der Waals surface area (Å²) in [5.41, 5.74) is 3.28. The predicted octanol–water partition coefficient (Wildman–Crippen LogP) is 5.95. The molecule has 0 bridgehead atoms. The second-order valence-corrected chi connectivity index (χ2v) is 9.25. The van der Waals surface area contributed by atoms with Gasteiger partial charge >= 0.3 is 0 Å². The van der Waals surface area contributed by atoms with E-state index in [0.29, 0.717) is 0 Å². The summed E-state index contributed by atoms with van der Waals surface area (Å²) in [6.45, 7) is 3.97. The number of carbonyl (C=O) groups excluding carboxylic acids is 1. The SMILES string of the molecule is C=CC[S+](c1ccccc1)C(C(=O)c1ccccc1)c1occ2c1CCCC2. The number of aryl methyl sites for hydroxylation is 1. The first kappa shape index (κ1) is 18.8. The van der Waals surface area contributed by atoms with Crippen molar-refractivity contribution in [1.29, 1.82) is 0 Å². The molecule has 2 unspecified atom stereocenters. The van der Waals surface area contributed by atoms with Crippen molar-refractivity contribution < 1.29 is 9.21 Å². The Kier molecular flexibility index (Phi) is 5.82. The van der Waals surface area contributed by atoms with Crippen molar-refractivity contribution in [1.82, 2.24) is 0 Å². The van der Waals surface area contributed by atoms with Gasteiger partial charge in [0.05, 0.1) is 6.26 Å². The Balaban J connectivity index is 1.84. The van der Waals surface area contributed by atoms with Gasteiger partial charge in [0.25, 0.3) is 0 Å². The Morgan fingerprint density at radius 1 is 1.04 bits per heavy atom. The maximum absolute atomic E-state index is 13.7.